The number of ether oxygens (including phenoxy) is 2. The second kappa shape index (κ2) is 25.8. The van der Waals surface area contributed by atoms with Crippen molar-refractivity contribution in [1.82, 2.24) is 19.9 Å². The van der Waals surface area contributed by atoms with E-state index in [-0.39, 0.29) is 11.9 Å². The fourth-order valence-corrected chi connectivity index (χ4v) is 4.52. The molecule has 4 aromatic rings. The Kier molecular flexibility index (Phi) is 23.0. The van der Waals surface area contributed by atoms with E-state index < -0.39 is 38.2 Å². The number of rotatable bonds is 10. The molecule has 0 aliphatic heterocycles. The molecule has 0 aliphatic carbocycles. The first-order valence-corrected chi connectivity index (χ1v) is 20.5. The van der Waals surface area contributed by atoms with Gasteiger partial charge in [-0.3, -0.25) is 15.4 Å². The molecular formula is C35H44Cl2MnN8O8S2. The Hall–Kier alpha value is -4.23. The fourth-order valence-electron chi connectivity index (χ4n) is 3.84. The molecule has 0 saturated carbocycles. The molecule has 0 radical (unpaired) electrons. The van der Waals surface area contributed by atoms with E-state index in [1.807, 2.05) is 18.6 Å². The number of nitrogens with zero attached hydrogens (tertiary/aromatic N) is 4. The summed E-state index contributed by atoms with van der Waals surface area (Å²) < 4.78 is 27.3. The van der Waals surface area contributed by atoms with Gasteiger partial charge < -0.3 is 25.2 Å². The zero-order valence-electron chi connectivity index (χ0n) is 31.8. The fraction of sp³-hybridized carbons (Fsp3) is 0.343. The summed E-state index contributed by atoms with van der Waals surface area (Å²) >= 11 is 10.9. The number of hydrogen-bond acceptors (Lipinski definition) is 16. The molecule has 2 aromatic heterocycles. The van der Waals surface area contributed by atoms with Crippen LogP contribution in [-0.2, 0) is 38.6 Å². The van der Waals surface area contributed by atoms with Crippen LogP contribution in [0.2, 0.25) is 0 Å². The van der Waals surface area contributed by atoms with Gasteiger partial charge >= 0.3 is 34.7 Å². The van der Waals surface area contributed by atoms with Crippen LogP contribution in [0.15, 0.2) is 71.2 Å². The SMILES string of the molecule is CSc1ncc(C=O)c(Nc2cccc(NC(=O)OC(C)(C)C)c2)n1.CSc1ncc(CO)c(Nc2cccc(NC(=O)OC(C)(C)C)c2)n1.ClCCl.[O]=[Mn]=[O]. The number of benzene rings is 2. The Morgan fingerprint density at radius 1 is 0.768 bits per heavy atom. The van der Waals surface area contributed by atoms with Gasteiger partial charge in [-0.1, -0.05) is 35.7 Å². The zero-order valence-corrected chi connectivity index (χ0v) is 36.1. The number of hydrogen-bond donors (Lipinski definition) is 5. The van der Waals surface area contributed by atoms with E-state index in [0.717, 1.165) is 0 Å². The summed E-state index contributed by atoms with van der Waals surface area (Å²) in [4.78, 5) is 51.8. The first-order chi connectivity index (χ1) is 26.4. The van der Waals surface area contributed by atoms with Crippen molar-refractivity contribution in [2.24, 2.45) is 0 Å². The van der Waals surface area contributed by atoms with E-state index in [9.17, 15) is 19.5 Å². The number of carbonyl (C=O) groups excluding carboxylic acids is 3. The summed E-state index contributed by atoms with van der Waals surface area (Å²) in [7, 11) is 0. The van der Waals surface area contributed by atoms with Crippen LogP contribution in [0, 0.1) is 0 Å². The first kappa shape index (κ1) is 49.8. The van der Waals surface area contributed by atoms with Gasteiger partial charge in [0, 0.05) is 40.7 Å². The van der Waals surface area contributed by atoms with Gasteiger partial charge in [-0.15, -0.1) is 23.2 Å². The topological polar surface area (TPSA) is 224 Å². The van der Waals surface area contributed by atoms with Gasteiger partial charge in [0.15, 0.2) is 16.6 Å². The van der Waals surface area contributed by atoms with Crippen molar-refractivity contribution in [2.45, 2.75) is 69.7 Å². The van der Waals surface area contributed by atoms with E-state index in [1.165, 1.54) is 29.7 Å². The van der Waals surface area contributed by atoms with Crippen molar-refractivity contribution in [3.05, 3.63) is 72.1 Å². The van der Waals surface area contributed by atoms with Crippen molar-refractivity contribution < 1.29 is 51.5 Å². The van der Waals surface area contributed by atoms with Gasteiger partial charge in [-0.2, -0.15) is 0 Å². The predicted molar refractivity (Wildman–Crippen MR) is 216 cm³/mol. The molecule has 2 aromatic carbocycles. The molecule has 2 amide bonds. The van der Waals surface area contributed by atoms with Gasteiger partial charge in [0.2, 0.25) is 0 Å². The third kappa shape index (κ3) is 20.6. The van der Waals surface area contributed by atoms with Crippen molar-refractivity contribution in [2.75, 3.05) is 39.1 Å². The molecule has 0 bridgehead atoms. The van der Waals surface area contributed by atoms with Crippen LogP contribution in [0.3, 0.4) is 0 Å². The summed E-state index contributed by atoms with van der Waals surface area (Å²) in [5.41, 5.74) is 2.33. The van der Waals surface area contributed by atoms with Crippen LogP contribution in [0.1, 0.15) is 57.5 Å². The number of alkyl halides is 2. The average molecular weight is 895 g/mol. The number of aliphatic hydroxyl groups is 1. The van der Waals surface area contributed by atoms with Gasteiger partial charge in [0.1, 0.15) is 22.8 Å². The van der Waals surface area contributed by atoms with Crippen LogP contribution in [0.5, 0.6) is 0 Å². The van der Waals surface area contributed by atoms with Gasteiger partial charge in [-0.05, 0) is 90.5 Å². The average Bonchev–Trinajstić information content (AvgIpc) is 3.11. The Labute approximate surface area is 350 Å². The number of carbonyl (C=O) groups is 3. The molecule has 0 spiro atoms. The molecule has 0 unspecified atom stereocenters. The molecular weight excluding hydrogens is 850 g/mol. The van der Waals surface area contributed by atoms with Crippen LogP contribution in [0.25, 0.3) is 0 Å². The van der Waals surface area contributed by atoms with Gasteiger partial charge in [0.05, 0.1) is 17.5 Å². The van der Waals surface area contributed by atoms with Crippen LogP contribution < -0.4 is 21.3 Å². The standard InChI is InChI=1S/C17H22N4O3S.C17H20N4O3S.CH2Cl2.Mn.2O/c2*1-17(2,3)24-16(23)20-13-7-5-6-12(8-13)19-14-11(10-22)9-18-15(21-14)25-4;2-1-3;;;/h5-9,22H,10H2,1-4H3,(H,20,23)(H,18,19,21);5-10H,1-4H3,(H,20,23)(H,18,19,21);1H2;;;. The molecule has 21 heteroatoms. The molecule has 5 N–H and O–H groups in total. The van der Waals surface area contributed by atoms with E-state index in [2.05, 4.69) is 41.2 Å². The molecule has 0 aliphatic rings. The van der Waals surface area contributed by atoms with Crippen LogP contribution >= 0.6 is 46.7 Å². The zero-order chi connectivity index (χ0) is 42.3. The molecule has 2 heterocycles. The quantitative estimate of drug-likeness (QED) is 0.0329. The summed E-state index contributed by atoms with van der Waals surface area (Å²) in [6, 6.07) is 14.2. The normalized spacial score (nSPS) is 10.3. The van der Waals surface area contributed by atoms with E-state index in [0.29, 0.717) is 62.1 Å². The van der Waals surface area contributed by atoms with Gasteiger partial charge in [0.25, 0.3) is 0 Å². The Morgan fingerprint density at radius 2 is 1.16 bits per heavy atom. The third-order valence-corrected chi connectivity index (χ3v) is 6.96. The number of amides is 2. The monoisotopic (exact) mass is 893 g/mol. The molecule has 56 heavy (non-hydrogen) atoms. The Bertz CT molecular complexity index is 1910. The van der Waals surface area contributed by atoms with Crippen molar-refractivity contribution in [1.29, 1.82) is 0 Å². The van der Waals surface area contributed by atoms with E-state index in [4.69, 9.17) is 40.3 Å². The van der Waals surface area contributed by atoms with Crippen molar-refractivity contribution >= 4 is 99.6 Å². The number of anilines is 6. The minimum absolute atomic E-state index is 0.174. The third-order valence-electron chi connectivity index (χ3n) is 5.84. The second-order valence-electron chi connectivity index (χ2n) is 12.5. The molecule has 305 valence electrons. The van der Waals surface area contributed by atoms with Crippen molar-refractivity contribution in [3.63, 3.8) is 0 Å². The van der Waals surface area contributed by atoms with Gasteiger partial charge in [-0.25, -0.2) is 29.5 Å². The van der Waals surface area contributed by atoms with E-state index in [1.54, 1.807) is 90.2 Å². The summed E-state index contributed by atoms with van der Waals surface area (Å²) in [6.45, 7) is 10.6. The predicted octanol–water partition coefficient (Wildman–Crippen LogP) is 9.06. The molecule has 16 nitrogen and oxygen atoms in total. The molecule has 0 fully saturated rings. The van der Waals surface area contributed by atoms with Crippen LogP contribution in [-0.4, -0.2) is 72.6 Å². The summed E-state index contributed by atoms with van der Waals surface area (Å²) in [5, 5.41) is 22.4. The number of aromatic nitrogens is 4. The number of halogens is 2. The molecule has 0 saturated heterocycles. The number of thioether (sulfide) groups is 2. The Balaban J connectivity index is 0.000000491. The maximum absolute atomic E-state index is 11.9. The first-order valence-electron chi connectivity index (χ1n) is 16.1. The number of aliphatic hydroxyl groups excluding tert-OH is 1. The minimum atomic E-state index is -1.44. The van der Waals surface area contributed by atoms with Crippen LogP contribution in [0.4, 0.5) is 44.0 Å². The molecule has 0 atom stereocenters. The Morgan fingerprint density at radius 3 is 1.55 bits per heavy atom. The summed E-state index contributed by atoms with van der Waals surface area (Å²) in [6.07, 6.45) is 6.42. The number of nitrogens with one attached hydrogen (secondary N) is 4. The number of aldehydes is 1. The van der Waals surface area contributed by atoms with E-state index >= 15 is 0 Å². The van der Waals surface area contributed by atoms with Crippen molar-refractivity contribution in [3.8, 4) is 0 Å². The second-order valence-corrected chi connectivity index (χ2v) is 15.0. The maximum atomic E-state index is 11.9. The summed E-state index contributed by atoms with van der Waals surface area (Å²) in [5.74, 6) is 0.931. The molecule has 4 rings (SSSR count).